The Balaban J connectivity index is 2.66. The molecule has 1 aromatic heterocycles. The van der Waals surface area contributed by atoms with E-state index >= 15 is 0 Å². The summed E-state index contributed by atoms with van der Waals surface area (Å²) in [5.41, 5.74) is 7.08. The molecule has 70 valence electrons. The number of nitrogens with zero attached hydrogens (tertiary/aromatic N) is 1. The predicted octanol–water partition coefficient (Wildman–Crippen LogP) is 0.936. The lowest BCUT2D eigenvalue weighted by Crippen LogP contribution is -1.95. The number of hydrogen-bond donors (Lipinski definition) is 2. The van der Waals surface area contributed by atoms with Crippen molar-refractivity contribution in [2.45, 2.75) is 13.0 Å². The molecule has 3 nitrogen and oxygen atoms in total. The maximum Gasteiger partial charge on any atom is 0.0683 e. The minimum absolute atomic E-state index is 0.0558. The van der Waals surface area contributed by atoms with Crippen LogP contribution in [0.1, 0.15) is 17.7 Å². The molecule has 0 aromatic carbocycles. The van der Waals surface area contributed by atoms with Crippen LogP contribution < -0.4 is 5.73 Å². The molecule has 0 bridgehead atoms. The number of aliphatic hydroxyl groups is 1. The van der Waals surface area contributed by atoms with E-state index in [9.17, 15) is 0 Å². The number of aromatic nitrogens is 1. The summed E-state index contributed by atoms with van der Waals surface area (Å²) >= 11 is 0. The number of nitrogens with two attached hydrogens (primary N) is 1. The lowest BCUT2D eigenvalue weighted by molar-refractivity contribution is 0.281. The smallest absolute Gasteiger partial charge is 0.0683 e. The molecular formula is C10H14N2O. The Bertz CT molecular complexity index is 284. The van der Waals surface area contributed by atoms with Gasteiger partial charge >= 0.3 is 0 Å². The van der Waals surface area contributed by atoms with E-state index in [0.717, 1.165) is 17.7 Å². The van der Waals surface area contributed by atoms with Gasteiger partial charge in [-0.1, -0.05) is 6.08 Å². The van der Waals surface area contributed by atoms with Crippen LogP contribution in [-0.4, -0.2) is 16.6 Å². The van der Waals surface area contributed by atoms with Crippen LogP contribution in [-0.2, 0) is 6.61 Å². The van der Waals surface area contributed by atoms with Gasteiger partial charge in [-0.2, -0.15) is 0 Å². The number of rotatable bonds is 4. The van der Waals surface area contributed by atoms with Crippen molar-refractivity contribution in [1.82, 2.24) is 4.98 Å². The van der Waals surface area contributed by atoms with Crippen molar-refractivity contribution < 1.29 is 5.11 Å². The first-order valence-corrected chi connectivity index (χ1v) is 4.29. The molecule has 13 heavy (non-hydrogen) atoms. The Kier molecular flexibility index (Phi) is 4.15. The molecule has 0 atom stereocenters. The van der Waals surface area contributed by atoms with Gasteiger partial charge in [0, 0.05) is 6.20 Å². The molecule has 0 saturated heterocycles. The molecule has 0 radical (unpaired) electrons. The Hall–Kier alpha value is -1.19. The average Bonchev–Trinajstić information content (AvgIpc) is 2.19. The van der Waals surface area contributed by atoms with Crippen LogP contribution in [0.15, 0.2) is 24.4 Å². The van der Waals surface area contributed by atoms with E-state index in [1.54, 1.807) is 12.3 Å². The Labute approximate surface area is 77.9 Å². The summed E-state index contributed by atoms with van der Waals surface area (Å²) in [7, 11) is 0. The molecule has 0 amide bonds. The molecule has 0 aliphatic heterocycles. The highest BCUT2D eigenvalue weighted by Gasteiger charge is 1.91. The Morgan fingerprint density at radius 1 is 1.54 bits per heavy atom. The van der Waals surface area contributed by atoms with Crippen molar-refractivity contribution in [2.24, 2.45) is 5.73 Å². The SMILES string of the molecule is NCCC=Cc1cc(CO)ccn1. The molecule has 0 aliphatic rings. The highest BCUT2D eigenvalue weighted by Crippen LogP contribution is 2.03. The molecule has 0 fully saturated rings. The van der Waals surface area contributed by atoms with Crippen LogP contribution in [0.25, 0.3) is 6.08 Å². The summed E-state index contributed by atoms with van der Waals surface area (Å²) in [6.07, 6.45) is 6.42. The predicted molar refractivity (Wildman–Crippen MR) is 52.9 cm³/mol. The van der Waals surface area contributed by atoms with Gasteiger partial charge in [0.05, 0.1) is 12.3 Å². The first-order chi connectivity index (χ1) is 6.36. The van der Waals surface area contributed by atoms with Gasteiger partial charge in [-0.25, -0.2) is 0 Å². The quantitative estimate of drug-likeness (QED) is 0.721. The molecular weight excluding hydrogens is 164 g/mol. The van der Waals surface area contributed by atoms with E-state index in [1.807, 2.05) is 18.2 Å². The zero-order valence-corrected chi connectivity index (χ0v) is 7.48. The van der Waals surface area contributed by atoms with Crippen molar-refractivity contribution in [3.63, 3.8) is 0 Å². The third-order valence-corrected chi connectivity index (χ3v) is 1.65. The van der Waals surface area contributed by atoms with Crippen LogP contribution >= 0.6 is 0 Å². The van der Waals surface area contributed by atoms with Gasteiger partial charge in [0.15, 0.2) is 0 Å². The number of pyridine rings is 1. The zero-order chi connectivity index (χ0) is 9.52. The molecule has 0 aliphatic carbocycles. The van der Waals surface area contributed by atoms with Crippen LogP contribution in [0.4, 0.5) is 0 Å². The second-order valence-electron chi connectivity index (χ2n) is 2.73. The lowest BCUT2D eigenvalue weighted by atomic mass is 10.2. The fourth-order valence-electron chi connectivity index (χ4n) is 0.984. The summed E-state index contributed by atoms with van der Waals surface area (Å²) in [6.45, 7) is 0.705. The fraction of sp³-hybridized carbons (Fsp3) is 0.300. The third-order valence-electron chi connectivity index (χ3n) is 1.65. The summed E-state index contributed by atoms with van der Waals surface area (Å²) in [5, 5.41) is 8.86. The van der Waals surface area contributed by atoms with E-state index in [2.05, 4.69) is 4.98 Å². The number of aliphatic hydroxyl groups excluding tert-OH is 1. The third kappa shape index (κ3) is 3.36. The van der Waals surface area contributed by atoms with E-state index in [-0.39, 0.29) is 6.61 Å². The van der Waals surface area contributed by atoms with Gasteiger partial charge in [0.1, 0.15) is 0 Å². The first kappa shape index (κ1) is 9.89. The first-order valence-electron chi connectivity index (χ1n) is 4.29. The molecule has 1 heterocycles. The maximum atomic E-state index is 8.86. The van der Waals surface area contributed by atoms with E-state index in [0.29, 0.717) is 6.54 Å². The topological polar surface area (TPSA) is 59.1 Å². The minimum atomic E-state index is 0.0558. The van der Waals surface area contributed by atoms with Crippen molar-refractivity contribution in [2.75, 3.05) is 6.54 Å². The summed E-state index contributed by atoms with van der Waals surface area (Å²) in [6, 6.07) is 3.65. The molecule has 3 heteroatoms. The van der Waals surface area contributed by atoms with Crippen LogP contribution in [0.3, 0.4) is 0 Å². The molecule has 3 N–H and O–H groups in total. The van der Waals surface area contributed by atoms with Crippen molar-refractivity contribution in [1.29, 1.82) is 0 Å². The summed E-state index contributed by atoms with van der Waals surface area (Å²) < 4.78 is 0. The molecule has 1 rings (SSSR count). The number of hydrogen-bond acceptors (Lipinski definition) is 3. The van der Waals surface area contributed by atoms with Crippen LogP contribution in [0.5, 0.6) is 0 Å². The maximum absolute atomic E-state index is 8.86. The van der Waals surface area contributed by atoms with Crippen LogP contribution in [0, 0.1) is 0 Å². The molecule has 0 spiro atoms. The molecule has 1 aromatic rings. The van der Waals surface area contributed by atoms with Gasteiger partial charge in [-0.05, 0) is 36.7 Å². The molecule has 0 saturated carbocycles. The lowest BCUT2D eigenvalue weighted by Gasteiger charge is -1.96. The summed E-state index contributed by atoms with van der Waals surface area (Å²) in [4.78, 5) is 4.12. The van der Waals surface area contributed by atoms with Crippen molar-refractivity contribution >= 4 is 6.08 Å². The Morgan fingerprint density at radius 3 is 3.08 bits per heavy atom. The van der Waals surface area contributed by atoms with Crippen LogP contribution in [0.2, 0.25) is 0 Å². The fourth-order valence-corrected chi connectivity index (χ4v) is 0.984. The van der Waals surface area contributed by atoms with Crippen molar-refractivity contribution in [3.05, 3.63) is 35.7 Å². The van der Waals surface area contributed by atoms with E-state index in [4.69, 9.17) is 10.8 Å². The normalized spacial score (nSPS) is 10.9. The van der Waals surface area contributed by atoms with Gasteiger partial charge in [0.25, 0.3) is 0 Å². The second-order valence-corrected chi connectivity index (χ2v) is 2.73. The average molecular weight is 178 g/mol. The van der Waals surface area contributed by atoms with Gasteiger partial charge < -0.3 is 10.8 Å². The Morgan fingerprint density at radius 2 is 2.38 bits per heavy atom. The monoisotopic (exact) mass is 178 g/mol. The highest BCUT2D eigenvalue weighted by atomic mass is 16.3. The largest absolute Gasteiger partial charge is 0.392 e. The van der Waals surface area contributed by atoms with Gasteiger partial charge in [-0.15, -0.1) is 0 Å². The second kappa shape index (κ2) is 5.45. The van der Waals surface area contributed by atoms with Crippen molar-refractivity contribution in [3.8, 4) is 0 Å². The molecule has 0 unspecified atom stereocenters. The zero-order valence-electron chi connectivity index (χ0n) is 7.48. The van der Waals surface area contributed by atoms with E-state index in [1.165, 1.54) is 0 Å². The van der Waals surface area contributed by atoms with E-state index < -0.39 is 0 Å². The summed E-state index contributed by atoms with van der Waals surface area (Å²) in [5.74, 6) is 0. The van der Waals surface area contributed by atoms with Gasteiger partial charge in [-0.3, -0.25) is 4.98 Å². The minimum Gasteiger partial charge on any atom is -0.392 e. The van der Waals surface area contributed by atoms with Gasteiger partial charge in [0.2, 0.25) is 0 Å². The highest BCUT2D eigenvalue weighted by molar-refractivity contribution is 5.45. The standard InChI is InChI=1S/C10H14N2O/c11-5-2-1-3-10-7-9(8-13)4-6-12-10/h1,3-4,6-7,13H,2,5,8,11H2.